The van der Waals surface area contributed by atoms with Crippen LogP contribution >= 0.6 is 34.3 Å². The maximum Gasteiger partial charge on any atom is 0.226 e. The molecular formula is C15H18ClN3OS2. The summed E-state index contributed by atoms with van der Waals surface area (Å²) in [7, 11) is 0. The fourth-order valence-corrected chi connectivity index (χ4v) is 4.47. The lowest BCUT2D eigenvalue weighted by Gasteiger charge is -2.08. The highest BCUT2D eigenvalue weighted by atomic mass is 35.5. The van der Waals surface area contributed by atoms with E-state index in [1.807, 2.05) is 17.5 Å². The summed E-state index contributed by atoms with van der Waals surface area (Å²) < 4.78 is 0.755. The van der Waals surface area contributed by atoms with Crippen molar-refractivity contribution in [3.63, 3.8) is 0 Å². The predicted molar refractivity (Wildman–Crippen MR) is 92.7 cm³/mol. The van der Waals surface area contributed by atoms with Gasteiger partial charge in [0.05, 0.1) is 21.3 Å². The van der Waals surface area contributed by atoms with Gasteiger partial charge in [0.2, 0.25) is 5.91 Å². The van der Waals surface area contributed by atoms with Crippen LogP contribution in [0.2, 0.25) is 4.34 Å². The standard InChI is InChI=1S/C15H18ClN3OS2/c16-13-2-1-12(22-13)15-19-11(9-21-15)7-14(20)18-6-4-10-3-5-17-8-10/h1-2,9-10,17H,3-8H2,(H,18,20). The smallest absolute Gasteiger partial charge is 0.226 e. The number of halogens is 1. The highest BCUT2D eigenvalue weighted by Gasteiger charge is 2.15. The second-order valence-electron chi connectivity index (χ2n) is 5.42. The molecule has 4 nitrogen and oxygen atoms in total. The number of carbonyl (C=O) groups excluding carboxylic acids is 1. The zero-order valence-corrected chi connectivity index (χ0v) is 14.5. The molecule has 0 aliphatic carbocycles. The molecule has 22 heavy (non-hydrogen) atoms. The molecule has 1 fully saturated rings. The van der Waals surface area contributed by atoms with Crippen LogP contribution in [-0.2, 0) is 11.2 Å². The number of thiophene rings is 1. The number of rotatable bonds is 6. The lowest BCUT2D eigenvalue weighted by molar-refractivity contribution is -0.120. The van der Waals surface area contributed by atoms with Crippen LogP contribution in [0.25, 0.3) is 9.88 Å². The maximum atomic E-state index is 12.0. The van der Waals surface area contributed by atoms with E-state index in [1.165, 1.54) is 17.8 Å². The predicted octanol–water partition coefficient (Wildman–Crippen LogP) is 3.18. The Morgan fingerprint density at radius 1 is 1.50 bits per heavy atom. The van der Waals surface area contributed by atoms with Gasteiger partial charge in [-0.2, -0.15) is 0 Å². The molecule has 1 aliphatic heterocycles. The van der Waals surface area contributed by atoms with Gasteiger partial charge in [-0.1, -0.05) is 11.6 Å². The van der Waals surface area contributed by atoms with E-state index < -0.39 is 0 Å². The van der Waals surface area contributed by atoms with Crippen molar-refractivity contribution in [1.29, 1.82) is 0 Å². The zero-order chi connectivity index (χ0) is 15.4. The summed E-state index contributed by atoms with van der Waals surface area (Å²) in [6.07, 6.45) is 2.61. The van der Waals surface area contributed by atoms with E-state index >= 15 is 0 Å². The van der Waals surface area contributed by atoms with Crippen molar-refractivity contribution in [3.05, 3.63) is 27.5 Å². The number of nitrogens with one attached hydrogen (secondary N) is 2. The number of hydrogen-bond acceptors (Lipinski definition) is 5. The average molecular weight is 356 g/mol. The second kappa shape index (κ2) is 7.55. The molecule has 2 aromatic heterocycles. The largest absolute Gasteiger partial charge is 0.356 e. The SMILES string of the molecule is O=C(Cc1csc(-c2ccc(Cl)s2)n1)NCCC1CCNC1. The summed E-state index contributed by atoms with van der Waals surface area (Å²) in [5.41, 5.74) is 0.824. The molecule has 1 amide bonds. The third-order valence-corrected chi connectivity index (χ3v) is 6.01. The first-order valence-electron chi connectivity index (χ1n) is 7.38. The van der Waals surface area contributed by atoms with E-state index in [9.17, 15) is 4.79 Å². The van der Waals surface area contributed by atoms with Crippen LogP contribution in [0.4, 0.5) is 0 Å². The van der Waals surface area contributed by atoms with Gasteiger partial charge in [0.25, 0.3) is 0 Å². The van der Waals surface area contributed by atoms with Crippen LogP contribution < -0.4 is 10.6 Å². The molecule has 1 atom stereocenters. The van der Waals surface area contributed by atoms with Gasteiger partial charge in [-0.3, -0.25) is 4.79 Å². The van der Waals surface area contributed by atoms with Crippen LogP contribution in [0.3, 0.4) is 0 Å². The summed E-state index contributed by atoms with van der Waals surface area (Å²) >= 11 is 9.00. The van der Waals surface area contributed by atoms with Crippen molar-refractivity contribution >= 4 is 40.2 Å². The van der Waals surface area contributed by atoms with Crippen molar-refractivity contribution in [2.75, 3.05) is 19.6 Å². The third kappa shape index (κ3) is 4.29. The Kier molecular flexibility index (Phi) is 5.46. The number of carbonyl (C=O) groups is 1. The minimum atomic E-state index is 0.0482. The first-order valence-corrected chi connectivity index (χ1v) is 9.45. The normalized spacial score (nSPS) is 17.8. The molecule has 7 heteroatoms. The number of nitrogens with zero attached hydrogens (tertiary/aromatic N) is 1. The Bertz CT molecular complexity index is 634. The first kappa shape index (κ1) is 15.9. The molecule has 0 bridgehead atoms. The Morgan fingerprint density at radius 3 is 3.14 bits per heavy atom. The fraction of sp³-hybridized carbons (Fsp3) is 0.467. The maximum absolute atomic E-state index is 12.0. The lowest BCUT2D eigenvalue weighted by Crippen LogP contribution is -2.27. The summed E-state index contributed by atoms with van der Waals surface area (Å²) in [6.45, 7) is 2.93. The van der Waals surface area contributed by atoms with Crippen LogP contribution in [0.15, 0.2) is 17.5 Å². The number of amides is 1. The number of aromatic nitrogens is 1. The molecule has 1 aliphatic rings. The summed E-state index contributed by atoms with van der Waals surface area (Å²) in [6, 6.07) is 3.83. The highest BCUT2D eigenvalue weighted by Crippen LogP contribution is 2.32. The molecule has 1 saturated heterocycles. The molecule has 0 spiro atoms. The summed E-state index contributed by atoms with van der Waals surface area (Å²) in [5.74, 6) is 0.752. The van der Waals surface area contributed by atoms with Crippen LogP contribution in [0, 0.1) is 5.92 Å². The van der Waals surface area contributed by atoms with Crippen molar-refractivity contribution < 1.29 is 4.79 Å². The van der Waals surface area contributed by atoms with Gasteiger partial charge in [0, 0.05) is 11.9 Å². The quantitative estimate of drug-likeness (QED) is 0.836. The first-order chi connectivity index (χ1) is 10.7. The van der Waals surface area contributed by atoms with Gasteiger partial charge in [-0.05, 0) is 44.0 Å². The molecule has 3 rings (SSSR count). The second-order valence-corrected chi connectivity index (χ2v) is 8.00. The monoisotopic (exact) mass is 355 g/mol. The molecule has 2 N–H and O–H groups in total. The highest BCUT2D eigenvalue weighted by molar-refractivity contribution is 7.23. The molecule has 1 unspecified atom stereocenters. The van der Waals surface area contributed by atoms with E-state index in [-0.39, 0.29) is 5.91 Å². The fourth-order valence-electron chi connectivity index (χ4n) is 2.53. The Balaban J connectivity index is 1.46. The van der Waals surface area contributed by atoms with Crippen molar-refractivity contribution in [2.45, 2.75) is 19.3 Å². The van der Waals surface area contributed by atoms with Gasteiger partial charge in [0.1, 0.15) is 5.01 Å². The van der Waals surface area contributed by atoms with E-state index in [0.29, 0.717) is 12.3 Å². The molecule has 118 valence electrons. The summed E-state index contributed by atoms with van der Waals surface area (Å²) in [5, 5.41) is 9.21. The molecular weight excluding hydrogens is 338 g/mol. The lowest BCUT2D eigenvalue weighted by atomic mass is 10.1. The number of thiazole rings is 1. The van der Waals surface area contributed by atoms with Crippen LogP contribution in [0.1, 0.15) is 18.5 Å². The molecule has 3 heterocycles. The molecule has 0 saturated carbocycles. The minimum Gasteiger partial charge on any atom is -0.356 e. The van der Waals surface area contributed by atoms with Gasteiger partial charge in [-0.25, -0.2) is 4.98 Å². The van der Waals surface area contributed by atoms with Crippen molar-refractivity contribution in [1.82, 2.24) is 15.6 Å². The van der Waals surface area contributed by atoms with E-state index in [2.05, 4.69) is 15.6 Å². The van der Waals surface area contributed by atoms with Crippen molar-refractivity contribution in [2.24, 2.45) is 5.92 Å². The molecule has 2 aromatic rings. The van der Waals surface area contributed by atoms with Gasteiger partial charge in [-0.15, -0.1) is 22.7 Å². The van der Waals surface area contributed by atoms with Gasteiger partial charge < -0.3 is 10.6 Å². The average Bonchev–Trinajstić information content (AvgIpc) is 3.20. The van der Waals surface area contributed by atoms with E-state index in [0.717, 1.165) is 46.0 Å². The third-order valence-electron chi connectivity index (χ3n) is 3.71. The van der Waals surface area contributed by atoms with Crippen LogP contribution in [0.5, 0.6) is 0 Å². The number of hydrogen-bond donors (Lipinski definition) is 2. The molecule has 0 aromatic carbocycles. The zero-order valence-electron chi connectivity index (χ0n) is 12.1. The Labute approximate surface area is 142 Å². The van der Waals surface area contributed by atoms with Crippen molar-refractivity contribution in [3.8, 4) is 9.88 Å². The van der Waals surface area contributed by atoms with E-state index in [1.54, 1.807) is 11.3 Å². The Morgan fingerprint density at radius 2 is 2.41 bits per heavy atom. The van der Waals surface area contributed by atoms with Gasteiger partial charge in [0.15, 0.2) is 0 Å². The minimum absolute atomic E-state index is 0.0482. The Hall–Kier alpha value is -0.950. The van der Waals surface area contributed by atoms with Gasteiger partial charge >= 0.3 is 0 Å². The van der Waals surface area contributed by atoms with Crippen LogP contribution in [-0.4, -0.2) is 30.5 Å². The summed E-state index contributed by atoms with van der Waals surface area (Å²) in [4.78, 5) is 17.5. The molecule has 0 radical (unpaired) electrons. The van der Waals surface area contributed by atoms with E-state index in [4.69, 9.17) is 11.6 Å². The topological polar surface area (TPSA) is 54.0 Å².